The Kier molecular flexibility index (Phi) is 4.43. The number of fused-ring (bicyclic) bond motifs is 3. The lowest BCUT2D eigenvalue weighted by molar-refractivity contribution is 0.181. The maximum atomic E-state index is 13.1. The van der Waals surface area contributed by atoms with Gasteiger partial charge in [-0.1, -0.05) is 48.9 Å². The standard InChI is InChI=1S/C21H20ClN3O/c1-2-18-20-12-7-13-24(20)19-11-6-3-8-15(19)14-25(18)21(26)23-17-10-5-4-9-16(17)22/h3-13,18H,2,14H2,1H3,(H,23,26)/t18-/m1/s1. The van der Waals surface area contributed by atoms with Crippen LogP contribution < -0.4 is 5.32 Å². The van der Waals surface area contributed by atoms with Crippen molar-refractivity contribution in [2.24, 2.45) is 0 Å². The maximum Gasteiger partial charge on any atom is 0.322 e. The molecule has 2 aromatic carbocycles. The normalized spacial score (nSPS) is 15.8. The second-order valence-corrected chi connectivity index (χ2v) is 6.80. The molecule has 0 radical (unpaired) electrons. The largest absolute Gasteiger partial charge is 0.322 e. The average molecular weight is 366 g/mol. The summed E-state index contributed by atoms with van der Waals surface area (Å²) < 4.78 is 2.19. The highest BCUT2D eigenvalue weighted by Crippen LogP contribution is 2.34. The third kappa shape index (κ3) is 2.86. The number of hydrogen-bond acceptors (Lipinski definition) is 1. The Hall–Kier alpha value is -2.72. The summed E-state index contributed by atoms with van der Waals surface area (Å²) >= 11 is 6.22. The number of para-hydroxylation sites is 2. The van der Waals surface area contributed by atoms with Crippen LogP contribution in [0.5, 0.6) is 0 Å². The molecule has 0 aliphatic carbocycles. The Morgan fingerprint density at radius 1 is 1.12 bits per heavy atom. The zero-order valence-corrected chi connectivity index (χ0v) is 15.3. The van der Waals surface area contributed by atoms with Crippen LogP contribution in [0.15, 0.2) is 66.9 Å². The minimum atomic E-state index is -0.144. The summed E-state index contributed by atoms with van der Waals surface area (Å²) in [5, 5.41) is 3.51. The lowest BCUT2D eigenvalue weighted by atomic mass is 10.1. The number of nitrogens with zero attached hydrogens (tertiary/aromatic N) is 2. The second kappa shape index (κ2) is 6.89. The molecule has 4 rings (SSSR count). The average Bonchev–Trinajstić information content (AvgIpc) is 3.08. The molecule has 0 unspecified atom stereocenters. The molecule has 132 valence electrons. The van der Waals surface area contributed by atoms with E-state index in [1.54, 1.807) is 6.07 Å². The van der Waals surface area contributed by atoms with Crippen LogP contribution in [-0.4, -0.2) is 15.5 Å². The summed E-state index contributed by atoms with van der Waals surface area (Å²) in [6, 6.07) is 19.5. The number of anilines is 1. The molecule has 1 aromatic heterocycles. The molecule has 1 N–H and O–H groups in total. The predicted molar refractivity (Wildman–Crippen MR) is 105 cm³/mol. The van der Waals surface area contributed by atoms with E-state index in [9.17, 15) is 4.79 Å². The van der Waals surface area contributed by atoms with Crippen LogP contribution in [-0.2, 0) is 6.54 Å². The molecule has 1 aliphatic rings. The molecule has 0 bridgehead atoms. The number of aromatic nitrogens is 1. The van der Waals surface area contributed by atoms with Crippen LogP contribution in [0.2, 0.25) is 5.02 Å². The van der Waals surface area contributed by atoms with Gasteiger partial charge in [0.25, 0.3) is 0 Å². The summed E-state index contributed by atoms with van der Waals surface area (Å²) in [6.07, 6.45) is 2.89. The Balaban J connectivity index is 1.74. The van der Waals surface area contributed by atoms with Crippen molar-refractivity contribution in [3.05, 3.63) is 83.1 Å². The Labute approximate surface area is 158 Å². The summed E-state index contributed by atoms with van der Waals surface area (Å²) in [5.74, 6) is 0. The van der Waals surface area contributed by atoms with Gasteiger partial charge in [0.05, 0.1) is 29.0 Å². The summed E-state index contributed by atoms with van der Waals surface area (Å²) in [5.41, 5.74) is 3.99. The highest BCUT2D eigenvalue weighted by molar-refractivity contribution is 6.33. The molecule has 2 heterocycles. The van der Waals surface area contributed by atoms with Gasteiger partial charge < -0.3 is 14.8 Å². The first-order valence-electron chi connectivity index (χ1n) is 8.76. The van der Waals surface area contributed by atoms with Crippen molar-refractivity contribution in [1.29, 1.82) is 0 Å². The van der Waals surface area contributed by atoms with Gasteiger partial charge in [-0.2, -0.15) is 0 Å². The van der Waals surface area contributed by atoms with E-state index in [0.717, 1.165) is 23.4 Å². The molecular formula is C21H20ClN3O. The van der Waals surface area contributed by atoms with Crippen molar-refractivity contribution in [3.63, 3.8) is 0 Å². The number of nitrogens with one attached hydrogen (secondary N) is 1. The molecule has 2 amide bonds. The number of hydrogen-bond donors (Lipinski definition) is 1. The van der Waals surface area contributed by atoms with Gasteiger partial charge in [-0.15, -0.1) is 0 Å². The molecule has 0 fully saturated rings. The van der Waals surface area contributed by atoms with E-state index in [4.69, 9.17) is 11.6 Å². The maximum absolute atomic E-state index is 13.1. The summed E-state index contributed by atoms with van der Waals surface area (Å²) in [4.78, 5) is 15.0. The van der Waals surface area contributed by atoms with Crippen molar-refractivity contribution in [2.75, 3.05) is 5.32 Å². The van der Waals surface area contributed by atoms with Crippen LogP contribution >= 0.6 is 11.6 Å². The van der Waals surface area contributed by atoms with E-state index in [0.29, 0.717) is 17.3 Å². The predicted octanol–water partition coefficient (Wildman–Crippen LogP) is 5.63. The number of urea groups is 1. The van der Waals surface area contributed by atoms with Gasteiger partial charge in [0.1, 0.15) is 0 Å². The molecule has 5 heteroatoms. The van der Waals surface area contributed by atoms with Crippen molar-refractivity contribution in [2.45, 2.75) is 25.9 Å². The van der Waals surface area contributed by atoms with Gasteiger partial charge in [-0.05, 0) is 42.3 Å². The molecule has 1 atom stereocenters. The van der Waals surface area contributed by atoms with Gasteiger partial charge in [0.2, 0.25) is 0 Å². The smallest absolute Gasteiger partial charge is 0.318 e. The number of amides is 2. The zero-order valence-electron chi connectivity index (χ0n) is 14.5. The first kappa shape index (κ1) is 16.7. The van der Waals surface area contributed by atoms with Crippen LogP contribution in [0.1, 0.15) is 30.6 Å². The number of carbonyl (C=O) groups is 1. The van der Waals surface area contributed by atoms with Gasteiger partial charge in [0.15, 0.2) is 0 Å². The van der Waals surface area contributed by atoms with Crippen LogP contribution in [0.25, 0.3) is 5.69 Å². The van der Waals surface area contributed by atoms with E-state index in [-0.39, 0.29) is 12.1 Å². The van der Waals surface area contributed by atoms with Gasteiger partial charge in [-0.3, -0.25) is 0 Å². The van der Waals surface area contributed by atoms with Crippen molar-refractivity contribution < 1.29 is 4.79 Å². The SMILES string of the molecule is CC[C@@H]1c2cccn2-c2ccccc2CN1C(=O)Nc1ccccc1Cl. The monoisotopic (exact) mass is 365 g/mol. The quantitative estimate of drug-likeness (QED) is 0.627. The molecule has 1 aliphatic heterocycles. The highest BCUT2D eigenvalue weighted by Gasteiger charge is 2.30. The molecule has 4 nitrogen and oxygen atoms in total. The lowest BCUT2D eigenvalue weighted by Crippen LogP contribution is -2.37. The molecule has 0 saturated heterocycles. The molecular weight excluding hydrogens is 346 g/mol. The van der Waals surface area contributed by atoms with E-state index in [1.165, 1.54) is 0 Å². The van der Waals surface area contributed by atoms with Crippen LogP contribution in [0.3, 0.4) is 0 Å². The number of halogens is 1. The van der Waals surface area contributed by atoms with E-state index in [1.807, 2.05) is 41.3 Å². The summed E-state index contributed by atoms with van der Waals surface area (Å²) in [7, 11) is 0. The Morgan fingerprint density at radius 2 is 1.88 bits per heavy atom. The number of benzene rings is 2. The minimum Gasteiger partial charge on any atom is -0.318 e. The van der Waals surface area contributed by atoms with Gasteiger partial charge >= 0.3 is 6.03 Å². The highest BCUT2D eigenvalue weighted by atomic mass is 35.5. The number of rotatable bonds is 2. The fourth-order valence-electron chi connectivity index (χ4n) is 3.61. The summed E-state index contributed by atoms with van der Waals surface area (Å²) in [6.45, 7) is 2.65. The van der Waals surface area contributed by atoms with Crippen molar-refractivity contribution >= 4 is 23.3 Å². The van der Waals surface area contributed by atoms with Crippen LogP contribution in [0.4, 0.5) is 10.5 Å². The first-order valence-corrected chi connectivity index (χ1v) is 9.14. The topological polar surface area (TPSA) is 37.3 Å². The van der Waals surface area contributed by atoms with Crippen molar-refractivity contribution in [1.82, 2.24) is 9.47 Å². The van der Waals surface area contributed by atoms with Crippen LogP contribution in [0, 0.1) is 0 Å². The minimum absolute atomic E-state index is 0.0140. The fraction of sp³-hybridized carbons (Fsp3) is 0.190. The van der Waals surface area contributed by atoms with Gasteiger partial charge in [-0.25, -0.2) is 4.79 Å². The molecule has 26 heavy (non-hydrogen) atoms. The van der Waals surface area contributed by atoms with Crippen molar-refractivity contribution in [3.8, 4) is 5.69 Å². The molecule has 3 aromatic rings. The lowest BCUT2D eigenvalue weighted by Gasteiger charge is -2.30. The molecule has 0 spiro atoms. The first-order chi connectivity index (χ1) is 12.7. The third-order valence-electron chi connectivity index (χ3n) is 4.85. The van der Waals surface area contributed by atoms with Gasteiger partial charge in [0, 0.05) is 11.9 Å². The third-order valence-corrected chi connectivity index (χ3v) is 5.18. The number of carbonyl (C=O) groups excluding carboxylic acids is 1. The zero-order chi connectivity index (χ0) is 18.1. The Morgan fingerprint density at radius 3 is 2.69 bits per heavy atom. The second-order valence-electron chi connectivity index (χ2n) is 6.39. The van der Waals surface area contributed by atoms with E-state index < -0.39 is 0 Å². The fourth-order valence-corrected chi connectivity index (χ4v) is 3.79. The van der Waals surface area contributed by atoms with E-state index >= 15 is 0 Å². The van der Waals surface area contributed by atoms with E-state index in [2.05, 4.69) is 41.2 Å². The Bertz CT molecular complexity index is 950. The molecule has 0 saturated carbocycles.